The highest BCUT2D eigenvalue weighted by molar-refractivity contribution is 7.80. The van der Waals surface area contributed by atoms with Gasteiger partial charge in [-0.25, -0.2) is 4.79 Å². The Morgan fingerprint density at radius 3 is 2.92 bits per heavy atom. The number of aromatic nitrogens is 2. The molecule has 0 radical (unpaired) electrons. The van der Waals surface area contributed by atoms with Gasteiger partial charge in [-0.05, 0) is 18.6 Å². The van der Waals surface area contributed by atoms with Gasteiger partial charge >= 0.3 is 16.4 Å². The molecule has 1 N–H and O–H groups in total. The van der Waals surface area contributed by atoms with Gasteiger partial charge in [-0.15, -0.1) is 14.5 Å². The molecule has 2 aliphatic rings. The minimum atomic E-state index is -4.82. The average molecular weight is 356 g/mol. The maximum Gasteiger partial charge on any atom is 0.418 e. The smallest absolute Gasteiger partial charge is 0.418 e. The van der Waals surface area contributed by atoms with E-state index < -0.39 is 28.4 Å². The zero-order valence-electron chi connectivity index (χ0n) is 12.1. The van der Waals surface area contributed by atoms with Crippen molar-refractivity contribution >= 4 is 16.4 Å². The van der Waals surface area contributed by atoms with Crippen molar-refractivity contribution in [3.63, 3.8) is 0 Å². The molecule has 0 unspecified atom stereocenters. The van der Waals surface area contributed by atoms with Crippen LogP contribution in [-0.2, 0) is 14.7 Å². The van der Waals surface area contributed by atoms with Gasteiger partial charge in [0.1, 0.15) is 0 Å². The Labute approximate surface area is 135 Å². The van der Waals surface area contributed by atoms with Gasteiger partial charge in [-0.1, -0.05) is 0 Å². The van der Waals surface area contributed by atoms with Crippen molar-refractivity contribution in [3.05, 3.63) is 24.3 Å². The highest BCUT2D eigenvalue weighted by Gasteiger charge is 2.50. The van der Waals surface area contributed by atoms with Crippen LogP contribution in [0, 0.1) is 0 Å². The second-order valence-corrected chi connectivity index (χ2v) is 6.45. The van der Waals surface area contributed by atoms with Crippen LogP contribution in [0.4, 0.5) is 4.79 Å². The predicted molar refractivity (Wildman–Crippen MR) is 74.6 cm³/mol. The van der Waals surface area contributed by atoms with Crippen molar-refractivity contribution in [2.24, 2.45) is 0 Å². The van der Waals surface area contributed by atoms with Gasteiger partial charge in [0.15, 0.2) is 5.76 Å². The van der Waals surface area contributed by atoms with Crippen molar-refractivity contribution in [2.75, 3.05) is 13.1 Å². The van der Waals surface area contributed by atoms with Gasteiger partial charge in [0.05, 0.1) is 18.2 Å². The van der Waals surface area contributed by atoms with Crippen LogP contribution in [0.25, 0.3) is 11.7 Å². The molecule has 24 heavy (non-hydrogen) atoms. The lowest BCUT2D eigenvalue weighted by molar-refractivity contribution is -0.0392. The molecule has 2 amide bonds. The number of hydroxylamine groups is 2. The van der Waals surface area contributed by atoms with Crippen molar-refractivity contribution < 1.29 is 30.9 Å². The number of piperidine rings is 1. The van der Waals surface area contributed by atoms with E-state index in [4.69, 9.17) is 13.4 Å². The number of carbonyl (C=O) groups is 1. The third kappa shape index (κ3) is 2.53. The molecular weight excluding hydrogens is 344 g/mol. The molecule has 2 fully saturated rings. The normalized spacial score (nSPS) is 24.0. The predicted octanol–water partition coefficient (Wildman–Crippen LogP) is 0.657. The third-order valence-corrected chi connectivity index (χ3v) is 4.36. The lowest BCUT2D eigenvalue weighted by Crippen LogP contribution is -2.39. The number of hydrogen-bond donors (Lipinski definition) is 1. The molecule has 2 aromatic rings. The maximum atomic E-state index is 12.1. The number of rotatable bonds is 4. The minimum Gasteiger partial charge on any atom is -0.459 e. The zero-order valence-corrected chi connectivity index (χ0v) is 12.9. The first-order chi connectivity index (χ1) is 11.4. The SMILES string of the molecule is O=C1N2CC[C@@H](c3nnc(-c4ccco4)o3)[C@H](C2)N1OS(=O)(=O)O. The molecule has 0 aliphatic carbocycles. The molecule has 2 saturated heterocycles. The second-order valence-electron chi connectivity index (χ2n) is 5.44. The van der Waals surface area contributed by atoms with Crippen LogP contribution in [0.1, 0.15) is 18.2 Å². The first kappa shape index (κ1) is 15.1. The molecule has 2 atom stereocenters. The molecule has 2 aliphatic heterocycles. The molecule has 0 saturated carbocycles. The largest absolute Gasteiger partial charge is 0.459 e. The Bertz CT molecular complexity index is 862. The summed E-state index contributed by atoms with van der Waals surface area (Å²) in [6.07, 6.45) is 1.95. The van der Waals surface area contributed by atoms with Gasteiger partial charge in [0.25, 0.3) is 5.89 Å². The lowest BCUT2D eigenvalue weighted by Gasteiger charge is -2.27. The fourth-order valence-electron chi connectivity index (χ4n) is 2.99. The molecule has 11 nitrogen and oxygen atoms in total. The van der Waals surface area contributed by atoms with Crippen molar-refractivity contribution in [1.29, 1.82) is 0 Å². The van der Waals surface area contributed by atoms with E-state index in [0.29, 0.717) is 23.8 Å². The Balaban J connectivity index is 1.63. The summed E-state index contributed by atoms with van der Waals surface area (Å²) in [5, 5.41) is 8.51. The third-order valence-electron chi connectivity index (χ3n) is 4.01. The lowest BCUT2D eigenvalue weighted by atomic mass is 9.93. The van der Waals surface area contributed by atoms with E-state index in [9.17, 15) is 13.2 Å². The van der Waals surface area contributed by atoms with Crippen LogP contribution in [0.15, 0.2) is 27.2 Å². The van der Waals surface area contributed by atoms with E-state index in [-0.39, 0.29) is 18.3 Å². The standard InChI is InChI=1S/C12H12N4O7S/c17-12-15-4-3-7(8(6-15)16(12)23-24(18,19)20)10-13-14-11(22-10)9-2-1-5-21-9/h1-2,5,7-8H,3-4,6H2,(H,18,19,20)/t7-,8+/m1/s1. The summed E-state index contributed by atoms with van der Waals surface area (Å²) in [7, 11) is -4.82. The molecule has 4 rings (SSSR count). The second kappa shape index (κ2) is 5.29. The maximum absolute atomic E-state index is 12.1. The van der Waals surface area contributed by atoms with Crippen LogP contribution in [0.3, 0.4) is 0 Å². The number of hydrogen-bond acceptors (Lipinski definition) is 8. The summed E-state index contributed by atoms with van der Waals surface area (Å²) in [6.45, 7) is 0.612. The molecule has 2 aromatic heterocycles. The van der Waals surface area contributed by atoms with Gasteiger partial charge in [-0.2, -0.15) is 13.5 Å². The van der Waals surface area contributed by atoms with Crippen molar-refractivity contribution in [3.8, 4) is 11.7 Å². The first-order valence-corrected chi connectivity index (χ1v) is 8.41. The molecule has 0 aromatic carbocycles. The summed E-state index contributed by atoms with van der Waals surface area (Å²) in [5.74, 6) is 0.402. The summed E-state index contributed by atoms with van der Waals surface area (Å²) < 4.78 is 46.0. The van der Waals surface area contributed by atoms with Gasteiger partial charge < -0.3 is 13.7 Å². The minimum absolute atomic E-state index is 0.184. The quantitative estimate of drug-likeness (QED) is 0.782. The van der Waals surface area contributed by atoms with Crippen LogP contribution >= 0.6 is 0 Å². The average Bonchev–Trinajstić information content (AvgIpc) is 3.24. The highest BCUT2D eigenvalue weighted by atomic mass is 32.3. The number of carbonyl (C=O) groups excluding carboxylic acids is 1. The number of nitrogens with zero attached hydrogens (tertiary/aromatic N) is 4. The van der Waals surface area contributed by atoms with E-state index in [1.165, 1.54) is 11.2 Å². The molecule has 0 spiro atoms. The van der Waals surface area contributed by atoms with Crippen molar-refractivity contribution in [1.82, 2.24) is 20.2 Å². The summed E-state index contributed by atoms with van der Waals surface area (Å²) in [5.41, 5.74) is 0. The number of fused-ring (bicyclic) bond motifs is 2. The Kier molecular flexibility index (Phi) is 3.33. The number of amides is 2. The molecular formula is C12H12N4O7S. The van der Waals surface area contributed by atoms with Crippen LogP contribution in [-0.4, -0.2) is 58.3 Å². The van der Waals surface area contributed by atoms with Gasteiger partial charge in [0, 0.05) is 13.1 Å². The fraction of sp³-hybridized carbons (Fsp3) is 0.417. The topological polar surface area (TPSA) is 139 Å². The summed E-state index contributed by atoms with van der Waals surface area (Å²) >= 11 is 0. The Morgan fingerprint density at radius 2 is 2.21 bits per heavy atom. The van der Waals surface area contributed by atoms with Gasteiger partial charge in [-0.3, -0.25) is 4.55 Å². The van der Waals surface area contributed by atoms with Crippen molar-refractivity contribution in [2.45, 2.75) is 18.4 Å². The Hall–Kier alpha value is -2.44. The zero-order chi connectivity index (χ0) is 16.9. The number of furan rings is 1. The van der Waals surface area contributed by atoms with E-state index >= 15 is 0 Å². The molecule has 128 valence electrons. The Morgan fingerprint density at radius 1 is 1.38 bits per heavy atom. The molecule has 12 heteroatoms. The van der Waals surface area contributed by atoms with E-state index in [2.05, 4.69) is 14.5 Å². The van der Waals surface area contributed by atoms with E-state index in [1.54, 1.807) is 12.1 Å². The fourth-order valence-corrected chi connectivity index (χ4v) is 3.36. The van der Waals surface area contributed by atoms with Crippen LogP contribution < -0.4 is 0 Å². The summed E-state index contributed by atoms with van der Waals surface area (Å²) in [6, 6.07) is 2.03. The molecule has 2 bridgehead atoms. The highest BCUT2D eigenvalue weighted by Crippen LogP contribution is 2.37. The first-order valence-electron chi connectivity index (χ1n) is 7.05. The summed E-state index contributed by atoms with van der Waals surface area (Å²) in [4.78, 5) is 13.5. The van der Waals surface area contributed by atoms with Crippen LogP contribution in [0.5, 0.6) is 0 Å². The molecule has 4 heterocycles. The van der Waals surface area contributed by atoms with E-state index in [1.807, 2.05) is 0 Å². The van der Waals surface area contributed by atoms with Gasteiger partial charge in [0.2, 0.25) is 5.89 Å². The van der Waals surface area contributed by atoms with Crippen LogP contribution in [0.2, 0.25) is 0 Å². The number of urea groups is 1. The monoisotopic (exact) mass is 356 g/mol. The van der Waals surface area contributed by atoms with E-state index in [0.717, 1.165) is 0 Å².